The summed E-state index contributed by atoms with van der Waals surface area (Å²) in [6, 6.07) is 24.1. The van der Waals surface area contributed by atoms with Crippen LogP contribution < -0.4 is 0 Å². The number of rotatable bonds is 5. The zero-order valence-corrected chi connectivity index (χ0v) is 22.3. The van der Waals surface area contributed by atoms with Crippen LogP contribution in [0.5, 0.6) is 0 Å². The molecule has 3 aromatic carbocycles. The van der Waals surface area contributed by atoms with E-state index in [2.05, 4.69) is 72.3 Å². The van der Waals surface area contributed by atoms with E-state index in [4.69, 9.17) is 0 Å². The maximum Gasteiger partial charge on any atom is 0.246 e. The highest BCUT2D eigenvalue weighted by Crippen LogP contribution is 2.42. The molecule has 196 valence electrons. The van der Waals surface area contributed by atoms with E-state index in [1.807, 2.05) is 35.4 Å². The summed E-state index contributed by atoms with van der Waals surface area (Å²) in [4.78, 5) is 38.4. The fourth-order valence-electron chi connectivity index (χ4n) is 6.52. The minimum atomic E-state index is -0.518. The number of hydrogen-bond donors (Lipinski definition) is 2. The highest BCUT2D eigenvalue weighted by Gasteiger charge is 2.48. The van der Waals surface area contributed by atoms with Gasteiger partial charge in [0, 0.05) is 46.7 Å². The summed E-state index contributed by atoms with van der Waals surface area (Å²) in [7, 11) is 0. The molecule has 2 aliphatic rings. The summed E-state index contributed by atoms with van der Waals surface area (Å²) in [6.07, 6.45) is 3.24. The van der Waals surface area contributed by atoms with Crippen LogP contribution in [-0.4, -0.2) is 50.7 Å². The van der Waals surface area contributed by atoms with Gasteiger partial charge in [0.1, 0.15) is 6.04 Å². The lowest BCUT2D eigenvalue weighted by molar-refractivity contribution is -0.158. The van der Waals surface area contributed by atoms with Gasteiger partial charge in [0.15, 0.2) is 0 Å². The summed E-state index contributed by atoms with van der Waals surface area (Å²) in [5.74, 6) is 0.459. The molecule has 0 radical (unpaired) electrons. The van der Waals surface area contributed by atoms with Gasteiger partial charge < -0.3 is 19.8 Å². The minimum absolute atomic E-state index is 0.000712. The first kappa shape index (κ1) is 23.8. The number of benzene rings is 3. The molecule has 39 heavy (non-hydrogen) atoms. The molecular weight excluding hydrogens is 484 g/mol. The van der Waals surface area contributed by atoms with Gasteiger partial charge in [-0.3, -0.25) is 9.59 Å². The Kier molecular flexibility index (Phi) is 5.58. The van der Waals surface area contributed by atoms with Crippen molar-refractivity contribution >= 4 is 33.6 Å². The summed E-state index contributed by atoms with van der Waals surface area (Å²) >= 11 is 0. The van der Waals surface area contributed by atoms with Crippen molar-refractivity contribution in [3.05, 3.63) is 107 Å². The van der Waals surface area contributed by atoms with Crippen LogP contribution in [0.15, 0.2) is 79.0 Å². The van der Waals surface area contributed by atoms with Crippen LogP contribution in [-0.2, 0) is 22.4 Å². The van der Waals surface area contributed by atoms with Crippen molar-refractivity contribution in [3.63, 3.8) is 0 Å². The molecule has 1 saturated heterocycles. The van der Waals surface area contributed by atoms with Gasteiger partial charge in [0.2, 0.25) is 11.8 Å². The number of nitrogens with one attached hydrogen (secondary N) is 2. The molecule has 6 heteroatoms. The van der Waals surface area contributed by atoms with Crippen molar-refractivity contribution in [2.45, 2.75) is 44.7 Å². The topological polar surface area (TPSA) is 72.2 Å². The van der Waals surface area contributed by atoms with E-state index in [1.54, 1.807) is 4.90 Å². The van der Waals surface area contributed by atoms with Gasteiger partial charge in [0.05, 0.1) is 12.6 Å². The standard InChI is InChI=1S/C33H32N4O2/c1-20(2)21-11-13-22(14-12-21)32-31-26(25-8-4-6-10-28(25)35-31)17-29-33(39)36(19-30(38)37(29)32)16-15-23-18-34-27-9-5-3-7-24(23)27/h3-14,18,20,29,32,34-35H,15-17,19H2,1-2H3. The Morgan fingerprint density at radius 3 is 2.38 bits per heavy atom. The van der Waals surface area contributed by atoms with Crippen LogP contribution in [0.4, 0.5) is 0 Å². The molecule has 2 amide bonds. The summed E-state index contributed by atoms with van der Waals surface area (Å²) in [5.41, 5.74) is 7.76. The first-order valence-corrected chi connectivity index (χ1v) is 13.8. The molecule has 2 aliphatic heterocycles. The number of aromatic nitrogens is 2. The molecule has 6 nitrogen and oxygen atoms in total. The van der Waals surface area contributed by atoms with Crippen LogP contribution in [0, 0.1) is 0 Å². The van der Waals surface area contributed by atoms with Gasteiger partial charge in [0.25, 0.3) is 0 Å². The average Bonchev–Trinajstić information content (AvgIpc) is 3.54. The van der Waals surface area contributed by atoms with Gasteiger partial charge in [-0.05, 0) is 46.7 Å². The average molecular weight is 517 g/mol. The summed E-state index contributed by atoms with van der Waals surface area (Å²) in [6.45, 7) is 4.98. The second kappa shape index (κ2) is 9.16. The Bertz CT molecular complexity index is 1710. The Hall–Kier alpha value is -4.32. The second-order valence-electron chi connectivity index (χ2n) is 11.2. The molecule has 2 atom stereocenters. The highest BCUT2D eigenvalue weighted by atomic mass is 16.2. The maximum atomic E-state index is 14.0. The van der Waals surface area contributed by atoms with E-state index in [9.17, 15) is 9.59 Å². The summed E-state index contributed by atoms with van der Waals surface area (Å²) < 4.78 is 0. The first-order valence-electron chi connectivity index (χ1n) is 13.8. The zero-order valence-electron chi connectivity index (χ0n) is 22.3. The molecule has 0 aliphatic carbocycles. The van der Waals surface area contributed by atoms with Crippen molar-refractivity contribution in [1.29, 1.82) is 0 Å². The molecule has 0 spiro atoms. The number of hydrogen-bond acceptors (Lipinski definition) is 2. The van der Waals surface area contributed by atoms with Crippen LogP contribution >= 0.6 is 0 Å². The fourth-order valence-corrected chi connectivity index (χ4v) is 6.52. The number of para-hydroxylation sites is 2. The maximum absolute atomic E-state index is 14.0. The van der Waals surface area contributed by atoms with Crippen molar-refractivity contribution in [3.8, 4) is 0 Å². The number of carbonyl (C=O) groups excluding carboxylic acids is 2. The number of carbonyl (C=O) groups is 2. The van der Waals surface area contributed by atoms with Gasteiger partial charge in [-0.1, -0.05) is 74.5 Å². The Morgan fingerprint density at radius 1 is 0.897 bits per heavy atom. The highest BCUT2D eigenvalue weighted by molar-refractivity contribution is 5.97. The molecule has 0 saturated carbocycles. The molecule has 0 bridgehead atoms. The van der Waals surface area contributed by atoms with E-state index >= 15 is 0 Å². The predicted octanol–water partition coefficient (Wildman–Crippen LogP) is 5.70. The normalized spacial score (nSPS) is 19.3. The van der Waals surface area contributed by atoms with Gasteiger partial charge in [-0.2, -0.15) is 0 Å². The second-order valence-corrected chi connectivity index (χ2v) is 11.2. The Balaban J connectivity index is 1.25. The van der Waals surface area contributed by atoms with E-state index < -0.39 is 6.04 Å². The van der Waals surface area contributed by atoms with E-state index in [0.29, 0.717) is 25.3 Å². The largest absolute Gasteiger partial charge is 0.361 e. The molecular formula is C33H32N4O2. The number of amides is 2. The van der Waals surface area contributed by atoms with Gasteiger partial charge in [-0.15, -0.1) is 0 Å². The van der Waals surface area contributed by atoms with Crippen LogP contribution in [0.3, 0.4) is 0 Å². The van der Waals surface area contributed by atoms with Crippen LogP contribution in [0.25, 0.3) is 21.8 Å². The summed E-state index contributed by atoms with van der Waals surface area (Å²) in [5, 5.41) is 2.30. The number of nitrogens with zero attached hydrogens (tertiary/aromatic N) is 2. The number of fused-ring (bicyclic) bond motifs is 5. The molecule has 4 heterocycles. The molecule has 5 aromatic rings. The molecule has 2 aromatic heterocycles. The van der Waals surface area contributed by atoms with Crippen molar-refractivity contribution in [2.24, 2.45) is 0 Å². The van der Waals surface area contributed by atoms with E-state index in [0.717, 1.165) is 33.2 Å². The predicted molar refractivity (Wildman–Crippen MR) is 154 cm³/mol. The zero-order chi connectivity index (χ0) is 26.7. The molecule has 2 N–H and O–H groups in total. The number of H-pyrrole nitrogens is 2. The van der Waals surface area contributed by atoms with Crippen molar-refractivity contribution in [1.82, 2.24) is 19.8 Å². The van der Waals surface area contributed by atoms with Gasteiger partial charge >= 0.3 is 0 Å². The number of piperazine rings is 1. The van der Waals surface area contributed by atoms with E-state index in [1.165, 1.54) is 16.5 Å². The Labute approximate surface area is 227 Å². The SMILES string of the molecule is CC(C)c1ccc(C2c3[nH]c4ccccc4c3CC3C(=O)N(CCc4c[nH]c5ccccc45)CC(=O)N32)cc1. The lowest BCUT2D eigenvalue weighted by atomic mass is 9.85. The minimum Gasteiger partial charge on any atom is -0.361 e. The fraction of sp³-hybridized carbons (Fsp3) is 0.273. The van der Waals surface area contributed by atoms with Crippen molar-refractivity contribution < 1.29 is 9.59 Å². The monoisotopic (exact) mass is 516 g/mol. The van der Waals surface area contributed by atoms with E-state index in [-0.39, 0.29) is 24.4 Å². The number of aromatic amines is 2. The van der Waals surface area contributed by atoms with Gasteiger partial charge in [-0.25, -0.2) is 0 Å². The third-order valence-corrected chi connectivity index (χ3v) is 8.59. The van der Waals surface area contributed by atoms with Crippen molar-refractivity contribution in [2.75, 3.05) is 13.1 Å². The Morgan fingerprint density at radius 2 is 1.62 bits per heavy atom. The van der Waals surface area contributed by atoms with Crippen LogP contribution in [0.1, 0.15) is 53.8 Å². The third-order valence-electron chi connectivity index (χ3n) is 8.59. The lowest BCUT2D eigenvalue weighted by Gasteiger charge is -2.47. The smallest absolute Gasteiger partial charge is 0.246 e. The molecule has 2 unspecified atom stereocenters. The molecule has 7 rings (SSSR count). The first-order chi connectivity index (χ1) is 19.0. The quantitative estimate of drug-likeness (QED) is 0.315. The van der Waals surface area contributed by atoms with Crippen LogP contribution in [0.2, 0.25) is 0 Å². The third kappa shape index (κ3) is 3.85. The molecule has 1 fully saturated rings. The lowest BCUT2D eigenvalue weighted by Crippen LogP contribution is -2.63.